The normalized spacial score (nSPS) is 17.4. The predicted octanol–water partition coefficient (Wildman–Crippen LogP) is 3.56. The number of carbonyl (C=O) groups is 1. The number of hydrogen-bond donors (Lipinski definition) is 1. The Bertz CT molecular complexity index is 721. The average Bonchev–Trinajstić information content (AvgIpc) is 3.22. The van der Waals surface area contributed by atoms with Crippen LogP contribution in [0.4, 0.5) is 0 Å². The highest BCUT2D eigenvalue weighted by molar-refractivity contribution is 6.30. The van der Waals surface area contributed by atoms with Gasteiger partial charge in [0.05, 0.1) is 29.2 Å². The molecule has 1 atom stereocenters. The van der Waals surface area contributed by atoms with Gasteiger partial charge in [0.1, 0.15) is 0 Å². The zero-order chi connectivity index (χ0) is 17.1. The van der Waals surface area contributed by atoms with E-state index >= 15 is 0 Å². The Hall–Kier alpha value is -1.85. The number of halogens is 1. The average molecular weight is 348 g/mol. The van der Waals surface area contributed by atoms with Crippen molar-refractivity contribution in [1.82, 2.24) is 15.1 Å². The number of carbonyl (C=O) groups excluding carboxylic acids is 1. The smallest absolute Gasteiger partial charge is 0.254 e. The molecule has 0 aliphatic carbocycles. The number of benzene rings is 1. The highest BCUT2D eigenvalue weighted by Gasteiger charge is 2.22. The van der Waals surface area contributed by atoms with Crippen LogP contribution in [-0.4, -0.2) is 34.9 Å². The van der Waals surface area contributed by atoms with Crippen molar-refractivity contribution in [2.24, 2.45) is 0 Å². The van der Waals surface area contributed by atoms with E-state index in [2.05, 4.69) is 24.3 Å². The zero-order valence-electron chi connectivity index (χ0n) is 14.0. The fourth-order valence-electron chi connectivity index (χ4n) is 3.01. The summed E-state index contributed by atoms with van der Waals surface area (Å²) in [6.07, 6.45) is 3.81. The van der Waals surface area contributed by atoms with Gasteiger partial charge in [0, 0.05) is 18.2 Å². The lowest BCUT2D eigenvalue weighted by molar-refractivity contribution is 0.0856. The number of nitrogens with zero attached hydrogens (tertiary/aromatic N) is 2. The molecule has 1 aliphatic heterocycles. The molecule has 3 rings (SSSR count). The van der Waals surface area contributed by atoms with Crippen molar-refractivity contribution in [2.75, 3.05) is 13.2 Å². The lowest BCUT2D eigenvalue weighted by atomic mass is 10.0. The summed E-state index contributed by atoms with van der Waals surface area (Å²) in [5, 5.41) is 8.03. The van der Waals surface area contributed by atoms with Gasteiger partial charge in [-0.25, -0.2) is 4.68 Å². The highest BCUT2D eigenvalue weighted by Crippen LogP contribution is 2.24. The lowest BCUT2D eigenvalue weighted by Crippen LogP contribution is -2.32. The Labute approximate surface area is 147 Å². The third kappa shape index (κ3) is 3.62. The summed E-state index contributed by atoms with van der Waals surface area (Å²) in [6, 6.07) is 7.47. The quantitative estimate of drug-likeness (QED) is 0.899. The van der Waals surface area contributed by atoms with Crippen LogP contribution in [0.15, 0.2) is 30.5 Å². The summed E-state index contributed by atoms with van der Waals surface area (Å²) in [6.45, 7) is 5.42. The maximum atomic E-state index is 12.6. The van der Waals surface area contributed by atoms with Gasteiger partial charge in [0.15, 0.2) is 0 Å². The van der Waals surface area contributed by atoms with E-state index in [0.717, 1.165) is 30.8 Å². The summed E-state index contributed by atoms with van der Waals surface area (Å²) >= 11 is 6.08. The van der Waals surface area contributed by atoms with E-state index in [1.807, 2.05) is 24.3 Å². The first-order valence-corrected chi connectivity index (χ1v) is 8.67. The Balaban J connectivity index is 1.84. The number of hydrogen-bond acceptors (Lipinski definition) is 3. The molecule has 1 unspecified atom stereocenters. The topological polar surface area (TPSA) is 56.1 Å². The standard InChI is InChI=1S/C18H22ClN3O2/c1-12(2)17-16(18(23)20-10-15-7-4-8-24-15)11-21-22(17)14-6-3-5-13(19)9-14/h3,5-6,9,11-12,15H,4,7-8,10H2,1-2H3,(H,20,23). The maximum absolute atomic E-state index is 12.6. The fraction of sp³-hybridized carbons (Fsp3) is 0.444. The van der Waals surface area contributed by atoms with Crippen molar-refractivity contribution in [3.05, 3.63) is 46.7 Å². The minimum atomic E-state index is -0.109. The molecule has 0 radical (unpaired) electrons. The number of nitrogens with one attached hydrogen (secondary N) is 1. The molecular weight excluding hydrogens is 326 g/mol. The first-order valence-electron chi connectivity index (χ1n) is 8.30. The molecule has 6 heteroatoms. The van der Waals surface area contributed by atoms with E-state index in [9.17, 15) is 4.79 Å². The second-order valence-corrected chi connectivity index (χ2v) is 6.77. The molecule has 1 N–H and O–H groups in total. The lowest BCUT2D eigenvalue weighted by Gasteiger charge is -2.14. The van der Waals surface area contributed by atoms with Crippen LogP contribution >= 0.6 is 11.6 Å². The third-order valence-electron chi connectivity index (χ3n) is 4.16. The first-order chi connectivity index (χ1) is 11.6. The van der Waals surface area contributed by atoms with E-state index < -0.39 is 0 Å². The summed E-state index contributed by atoms with van der Waals surface area (Å²) in [4.78, 5) is 12.6. The number of rotatable bonds is 5. The molecule has 2 aromatic rings. The maximum Gasteiger partial charge on any atom is 0.254 e. The Morgan fingerprint density at radius 2 is 2.33 bits per heavy atom. The Morgan fingerprint density at radius 3 is 3.00 bits per heavy atom. The number of ether oxygens (including phenoxy) is 1. The SMILES string of the molecule is CC(C)c1c(C(=O)NCC2CCCO2)cnn1-c1cccc(Cl)c1. The molecule has 1 saturated heterocycles. The van der Waals surface area contributed by atoms with Gasteiger partial charge in [-0.3, -0.25) is 4.79 Å². The van der Waals surface area contributed by atoms with Crippen LogP contribution in [0.5, 0.6) is 0 Å². The van der Waals surface area contributed by atoms with Crippen LogP contribution in [0.2, 0.25) is 5.02 Å². The number of amides is 1. The molecule has 128 valence electrons. The van der Waals surface area contributed by atoms with Crippen LogP contribution in [0.1, 0.15) is 48.7 Å². The van der Waals surface area contributed by atoms with Crippen molar-refractivity contribution in [3.63, 3.8) is 0 Å². The van der Waals surface area contributed by atoms with Gasteiger partial charge in [-0.1, -0.05) is 31.5 Å². The molecule has 1 fully saturated rings. The van der Waals surface area contributed by atoms with Gasteiger partial charge >= 0.3 is 0 Å². The molecule has 1 aromatic carbocycles. The van der Waals surface area contributed by atoms with Crippen LogP contribution in [0.25, 0.3) is 5.69 Å². The van der Waals surface area contributed by atoms with Gasteiger partial charge in [-0.15, -0.1) is 0 Å². The van der Waals surface area contributed by atoms with Crippen molar-refractivity contribution in [2.45, 2.75) is 38.7 Å². The Morgan fingerprint density at radius 1 is 1.50 bits per heavy atom. The molecule has 2 heterocycles. The molecule has 1 amide bonds. The zero-order valence-corrected chi connectivity index (χ0v) is 14.7. The third-order valence-corrected chi connectivity index (χ3v) is 4.40. The fourth-order valence-corrected chi connectivity index (χ4v) is 3.19. The van der Waals surface area contributed by atoms with Crippen molar-refractivity contribution < 1.29 is 9.53 Å². The van der Waals surface area contributed by atoms with E-state index in [1.54, 1.807) is 10.9 Å². The van der Waals surface area contributed by atoms with Crippen LogP contribution in [-0.2, 0) is 4.74 Å². The van der Waals surface area contributed by atoms with Crippen LogP contribution < -0.4 is 5.32 Å². The van der Waals surface area contributed by atoms with Gasteiger partial charge < -0.3 is 10.1 Å². The molecule has 5 nitrogen and oxygen atoms in total. The molecule has 24 heavy (non-hydrogen) atoms. The summed E-state index contributed by atoms with van der Waals surface area (Å²) < 4.78 is 7.34. The second kappa shape index (κ2) is 7.36. The van der Waals surface area contributed by atoms with Crippen molar-refractivity contribution in [1.29, 1.82) is 0 Å². The van der Waals surface area contributed by atoms with Crippen molar-refractivity contribution in [3.8, 4) is 5.69 Å². The van der Waals surface area contributed by atoms with Crippen LogP contribution in [0.3, 0.4) is 0 Å². The molecule has 1 aliphatic rings. The van der Waals surface area contributed by atoms with E-state index in [-0.39, 0.29) is 17.9 Å². The van der Waals surface area contributed by atoms with Crippen LogP contribution in [0, 0.1) is 0 Å². The summed E-state index contributed by atoms with van der Waals surface area (Å²) in [5.41, 5.74) is 2.33. The largest absolute Gasteiger partial charge is 0.376 e. The van der Waals surface area contributed by atoms with E-state index in [1.165, 1.54) is 0 Å². The predicted molar refractivity (Wildman–Crippen MR) is 94.0 cm³/mol. The molecule has 0 bridgehead atoms. The summed E-state index contributed by atoms with van der Waals surface area (Å²) in [5.74, 6) is 0.0393. The van der Waals surface area contributed by atoms with E-state index in [4.69, 9.17) is 16.3 Å². The second-order valence-electron chi connectivity index (χ2n) is 6.33. The van der Waals surface area contributed by atoms with Gasteiger partial charge in [0.25, 0.3) is 5.91 Å². The minimum Gasteiger partial charge on any atom is -0.376 e. The van der Waals surface area contributed by atoms with Crippen molar-refractivity contribution >= 4 is 17.5 Å². The van der Waals surface area contributed by atoms with Gasteiger partial charge in [0.2, 0.25) is 0 Å². The number of aromatic nitrogens is 2. The van der Waals surface area contributed by atoms with Gasteiger partial charge in [-0.05, 0) is 37.0 Å². The first kappa shape index (κ1) is 17.0. The van der Waals surface area contributed by atoms with E-state index in [0.29, 0.717) is 17.1 Å². The Kier molecular flexibility index (Phi) is 5.21. The molecule has 0 saturated carbocycles. The monoisotopic (exact) mass is 347 g/mol. The molecular formula is C18H22ClN3O2. The highest BCUT2D eigenvalue weighted by atomic mass is 35.5. The summed E-state index contributed by atoms with van der Waals surface area (Å²) in [7, 11) is 0. The molecule has 0 spiro atoms. The molecule has 1 aromatic heterocycles. The van der Waals surface area contributed by atoms with Gasteiger partial charge in [-0.2, -0.15) is 5.10 Å². The minimum absolute atomic E-state index is 0.109.